The topological polar surface area (TPSA) is 41.6 Å². The van der Waals surface area contributed by atoms with E-state index < -0.39 is 0 Å². The molecule has 0 radical (unpaired) electrons. The number of aryl methyl sites for hydroxylation is 2. The second kappa shape index (κ2) is 8.50. The van der Waals surface area contributed by atoms with Crippen molar-refractivity contribution < 1.29 is 9.53 Å². The number of carbonyl (C=O) groups excluding carboxylic acids is 1. The molecule has 1 aliphatic heterocycles. The number of carbonyl (C=O) groups is 1. The number of rotatable bonds is 7. The van der Waals surface area contributed by atoms with E-state index in [0.29, 0.717) is 6.54 Å². The highest BCUT2D eigenvalue weighted by Gasteiger charge is 2.24. The zero-order valence-corrected chi connectivity index (χ0v) is 15.8. The molecule has 1 amide bonds. The van der Waals surface area contributed by atoms with Gasteiger partial charge in [-0.2, -0.15) is 0 Å². The van der Waals surface area contributed by atoms with E-state index in [-0.39, 0.29) is 18.6 Å². The number of hydrogen-bond donors (Lipinski definition) is 1. The van der Waals surface area contributed by atoms with Crippen LogP contribution in [0.2, 0.25) is 0 Å². The minimum Gasteiger partial charge on any atom is -0.484 e. The maximum Gasteiger partial charge on any atom is 0.258 e. The van der Waals surface area contributed by atoms with Crippen molar-refractivity contribution in [1.82, 2.24) is 10.2 Å². The van der Waals surface area contributed by atoms with Gasteiger partial charge in [0.15, 0.2) is 6.61 Å². The smallest absolute Gasteiger partial charge is 0.258 e. The maximum absolute atomic E-state index is 12.2. The molecule has 4 nitrogen and oxygen atoms in total. The highest BCUT2D eigenvalue weighted by atomic mass is 32.1. The Hall–Kier alpha value is -1.85. The number of nitrogens with zero attached hydrogens (tertiary/aromatic N) is 1. The van der Waals surface area contributed by atoms with E-state index in [9.17, 15) is 4.79 Å². The van der Waals surface area contributed by atoms with Crippen LogP contribution in [0.4, 0.5) is 0 Å². The zero-order chi connectivity index (χ0) is 17.6. The molecule has 1 fully saturated rings. The summed E-state index contributed by atoms with van der Waals surface area (Å²) in [6.45, 7) is 6.97. The second-order valence-corrected chi connectivity index (χ2v) is 7.67. The molecule has 1 saturated heterocycles. The van der Waals surface area contributed by atoms with E-state index in [4.69, 9.17) is 4.74 Å². The molecule has 0 aliphatic carbocycles. The molecule has 0 unspecified atom stereocenters. The van der Waals surface area contributed by atoms with E-state index in [2.05, 4.69) is 33.8 Å². The Bertz CT molecular complexity index is 673. The van der Waals surface area contributed by atoms with Crippen LogP contribution in [0.5, 0.6) is 5.75 Å². The molecule has 0 bridgehead atoms. The number of hydrogen-bond acceptors (Lipinski definition) is 4. The van der Waals surface area contributed by atoms with Crippen LogP contribution in [0, 0.1) is 13.8 Å². The Labute approximate surface area is 153 Å². The second-order valence-electron chi connectivity index (χ2n) is 6.69. The van der Waals surface area contributed by atoms with E-state index in [1.165, 1.54) is 17.7 Å². The lowest BCUT2D eigenvalue weighted by atomic mass is 10.1. The predicted octanol–water partition coefficient (Wildman–Crippen LogP) is 3.70. The Morgan fingerprint density at radius 2 is 1.96 bits per heavy atom. The molecule has 3 rings (SSSR count). The number of ether oxygens (including phenoxy) is 1. The van der Waals surface area contributed by atoms with Crippen molar-refractivity contribution in [2.24, 2.45) is 0 Å². The van der Waals surface area contributed by atoms with Crippen molar-refractivity contribution in [2.75, 3.05) is 26.2 Å². The monoisotopic (exact) mass is 358 g/mol. The average molecular weight is 359 g/mol. The van der Waals surface area contributed by atoms with Crippen LogP contribution < -0.4 is 10.1 Å². The summed E-state index contributed by atoms with van der Waals surface area (Å²) in [4.78, 5) is 16.0. The molecule has 2 heterocycles. The van der Waals surface area contributed by atoms with Crippen LogP contribution in [0.15, 0.2) is 35.7 Å². The lowest BCUT2D eigenvalue weighted by Gasteiger charge is -2.26. The summed E-state index contributed by atoms with van der Waals surface area (Å²) in [6, 6.07) is 10.5. The fourth-order valence-corrected chi connectivity index (χ4v) is 4.23. The first-order valence-corrected chi connectivity index (χ1v) is 9.75. The molecular weight excluding hydrogens is 332 g/mol. The Kier molecular flexibility index (Phi) is 6.10. The Morgan fingerprint density at radius 3 is 2.60 bits per heavy atom. The minimum atomic E-state index is -0.0695. The summed E-state index contributed by atoms with van der Waals surface area (Å²) in [6.07, 6.45) is 2.48. The maximum atomic E-state index is 12.2. The first kappa shape index (κ1) is 18.0. The molecule has 1 N–H and O–H groups in total. The summed E-state index contributed by atoms with van der Waals surface area (Å²) >= 11 is 1.76. The van der Waals surface area contributed by atoms with E-state index in [1.54, 1.807) is 11.3 Å². The SMILES string of the molecule is Cc1cc(C)cc(OCC(=O)NC[C@H](c2cccs2)N2CCCC2)c1. The van der Waals surface area contributed by atoms with Gasteiger partial charge in [-0.1, -0.05) is 12.1 Å². The molecular formula is C20H26N2O2S. The van der Waals surface area contributed by atoms with Gasteiger partial charge in [0.05, 0.1) is 6.04 Å². The highest BCUT2D eigenvalue weighted by molar-refractivity contribution is 7.10. The minimum absolute atomic E-state index is 0.0556. The summed E-state index contributed by atoms with van der Waals surface area (Å²) in [5.74, 6) is 0.682. The highest BCUT2D eigenvalue weighted by Crippen LogP contribution is 2.27. The van der Waals surface area contributed by atoms with E-state index in [0.717, 1.165) is 30.0 Å². The van der Waals surface area contributed by atoms with Gasteiger partial charge in [-0.15, -0.1) is 11.3 Å². The molecule has 1 aromatic carbocycles. The summed E-state index contributed by atoms with van der Waals surface area (Å²) in [7, 11) is 0. The zero-order valence-electron chi connectivity index (χ0n) is 15.0. The third-order valence-electron chi connectivity index (χ3n) is 4.51. The van der Waals surface area contributed by atoms with Gasteiger partial charge in [-0.3, -0.25) is 9.69 Å². The average Bonchev–Trinajstić information content (AvgIpc) is 3.26. The Morgan fingerprint density at radius 1 is 1.24 bits per heavy atom. The number of likely N-dealkylation sites (tertiary alicyclic amines) is 1. The fraction of sp³-hybridized carbons (Fsp3) is 0.450. The normalized spacial score (nSPS) is 15.9. The first-order valence-electron chi connectivity index (χ1n) is 8.87. The molecule has 0 spiro atoms. The van der Waals surface area contributed by atoms with Gasteiger partial charge in [0.25, 0.3) is 5.91 Å². The van der Waals surface area contributed by atoms with Gasteiger partial charge < -0.3 is 10.1 Å². The van der Waals surface area contributed by atoms with Crippen molar-refractivity contribution in [3.8, 4) is 5.75 Å². The fourth-order valence-electron chi connectivity index (χ4n) is 3.37. The molecule has 134 valence electrons. The van der Waals surface area contributed by atoms with Crippen molar-refractivity contribution in [1.29, 1.82) is 0 Å². The number of amides is 1. The third-order valence-corrected chi connectivity index (χ3v) is 5.48. The predicted molar refractivity (Wildman–Crippen MR) is 102 cm³/mol. The lowest BCUT2D eigenvalue weighted by Crippen LogP contribution is -2.38. The van der Waals surface area contributed by atoms with Crippen molar-refractivity contribution >= 4 is 17.2 Å². The summed E-state index contributed by atoms with van der Waals surface area (Å²) < 4.78 is 5.65. The van der Waals surface area contributed by atoms with Crippen molar-refractivity contribution in [3.05, 3.63) is 51.7 Å². The molecule has 5 heteroatoms. The van der Waals surface area contributed by atoms with Crippen LogP contribution in [0.25, 0.3) is 0 Å². The van der Waals surface area contributed by atoms with Gasteiger partial charge >= 0.3 is 0 Å². The first-order chi connectivity index (χ1) is 12.1. The van der Waals surface area contributed by atoms with Crippen molar-refractivity contribution in [2.45, 2.75) is 32.7 Å². The van der Waals surface area contributed by atoms with Crippen LogP contribution in [-0.4, -0.2) is 37.0 Å². The van der Waals surface area contributed by atoms with Gasteiger partial charge in [-0.05, 0) is 74.5 Å². The summed E-state index contributed by atoms with van der Waals surface area (Å²) in [5.41, 5.74) is 2.28. The standard InChI is InChI=1S/C20H26N2O2S/c1-15-10-16(2)12-17(11-15)24-14-20(23)21-13-18(19-6-5-9-25-19)22-7-3-4-8-22/h5-6,9-12,18H,3-4,7-8,13-14H2,1-2H3,(H,21,23)/t18-/m1/s1. The molecule has 2 aromatic rings. The number of thiophene rings is 1. The molecule has 1 aliphatic rings. The van der Waals surface area contributed by atoms with Gasteiger partial charge in [0.2, 0.25) is 0 Å². The quantitative estimate of drug-likeness (QED) is 0.821. The van der Waals surface area contributed by atoms with Gasteiger partial charge in [0, 0.05) is 11.4 Å². The molecule has 1 atom stereocenters. The molecule has 1 aromatic heterocycles. The summed E-state index contributed by atoms with van der Waals surface area (Å²) in [5, 5.41) is 5.15. The van der Waals surface area contributed by atoms with Gasteiger partial charge in [0.1, 0.15) is 5.75 Å². The molecule has 0 saturated carbocycles. The Balaban J connectivity index is 1.52. The van der Waals surface area contributed by atoms with E-state index in [1.807, 2.05) is 26.0 Å². The third kappa shape index (κ3) is 5.06. The lowest BCUT2D eigenvalue weighted by molar-refractivity contribution is -0.123. The van der Waals surface area contributed by atoms with Crippen LogP contribution in [-0.2, 0) is 4.79 Å². The largest absolute Gasteiger partial charge is 0.484 e. The van der Waals surface area contributed by atoms with Crippen molar-refractivity contribution in [3.63, 3.8) is 0 Å². The molecule has 25 heavy (non-hydrogen) atoms. The van der Waals surface area contributed by atoms with Crippen LogP contribution in [0.3, 0.4) is 0 Å². The number of benzene rings is 1. The van der Waals surface area contributed by atoms with Gasteiger partial charge in [-0.25, -0.2) is 0 Å². The number of nitrogens with one attached hydrogen (secondary N) is 1. The van der Waals surface area contributed by atoms with E-state index >= 15 is 0 Å². The van der Waals surface area contributed by atoms with Crippen LogP contribution in [0.1, 0.15) is 34.9 Å². The van der Waals surface area contributed by atoms with Crippen LogP contribution >= 0.6 is 11.3 Å².